The van der Waals surface area contributed by atoms with E-state index in [1.807, 2.05) is 42.6 Å². The SMILES string of the molecule is Cc1ccccc1C=CC=NNCc1cccnc1. The van der Waals surface area contributed by atoms with Crippen LogP contribution in [0.2, 0.25) is 0 Å². The first kappa shape index (κ1) is 13.0. The number of pyridine rings is 1. The largest absolute Gasteiger partial charge is 0.306 e. The molecule has 0 unspecified atom stereocenters. The summed E-state index contributed by atoms with van der Waals surface area (Å²) in [5.74, 6) is 0. The van der Waals surface area contributed by atoms with E-state index in [0.717, 1.165) is 5.56 Å². The van der Waals surface area contributed by atoms with Gasteiger partial charge in [-0.25, -0.2) is 0 Å². The Balaban J connectivity index is 1.79. The maximum absolute atomic E-state index is 4.12. The van der Waals surface area contributed by atoms with Crippen molar-refractivity contribution in [2.75, 3.05) is 0 Å². The standard InChI is InChI=1S/C16H17N3/c1-14-6-2-3-8-16(14)9-5-11-18-19-13-15-7-4-10-17-12-15/h2-12,19H,13H2,1H3. The van der Waals surface area contributed by atoms with Crippen LogP contribution in [0.4, 0.5) is 0 Å². The van der Waals surface area contributed by atoms with Gasteiger partial charge in [0.2, 0.25) is 0 Å². The lowest BCUT2D eigenvalue weighted by Crippen LogP contribution is -2.04. The third kappa shape index (κ3) is 4.39. The van der Waals surface area contributed by atoms with Gasteiger partial charge in [-0.1, -0.05) is 36.4 Å². The summed E-state index contributed by atoms with van der Waals surface area (Å²) in [5, 5.41) is 4.12. The van der Waals surface area contributed by atoms with Crippen LogP contribution in [0.25, 0.3) is 6.08 Å². The summed E-state index contributed by atoms with van der Waals surface area (Å²) in [6.07, 6.45) is 9.31. The molecule has 0 amide bonds. The number of hydrogen-bond acceptors (Lipinski definition) is 3. The van der Waals surface area contributed by atoms with Crippen LogP contribution in [0.15, 0.2) is 60.0 Å². The number of benzene rings is 1. The number of nitrogens with one attached hydrogen (secondary N) is 1. The maximum Gasteiger partial charge on any atom is 0.0595 e. The first-order valence-electron chi connectivity index (χ1n) is 6.23. The third-order valence-corrected chi connectivity index (χ3v) is 2.72. The van der Waals surface area contributed by atoms with Gasteiger partial charge >= 0.3 is 0 Å². The van der Waals surface area contributed by atoms with E-state index in [4.69, 9.17) is 0 Å². The molecule has 0 aliphatic heterocycles. The van der Waals surface area contributed by atoms with Gasteiger partial charge in [-0.05, 0) is 35.8 Å². The second-order valence-corrected chi connectivity index (χ2v) is 4.19. The van der Waals surface area contributed by atoms with Gasteiger partial charge in [-0.15, -0.1) is 0 Å². The van der Waals surface area contributed by atoms with Crippen LogP contribution in [0.1, 0.15) is 16.7 Å². The highest BCUT2D eigenvalue weighted by atomic mass is 15.3. The highest BCUT2D eigenvalue weighted by molar-refractivity contribution is 5.78. The molecule has 96 valence electrons. The molecule has 0 atom stereocenters. The second-order valence-electron chi connectivity index (χ2n) is 4.19. The summed E-state index contributed by atoms with van der Waals surface area (Å²) < 4.78 is 0. The van der Waals surface area contributed by atoms with E-state index >= 15 is 0 Å². The van der Waals surface area contributed by atoms with Gasteiger partial charge in [0.25, 0.3) is 0 Å². The Bertz CT molecular complexity index is 559. The molecule has 1 heterocycles. The lowest BCUT2D eigenvalue weighted by Gasteiger charge is -1.98. The van der Waals surface area contributed by atoms with Gasteiger partial charge in [0.1, 0.15) is 0 Å². The van der Waals surface area contributed by atoms with Crippen LogP contribution in [0.5, 0.6) is 0 Å². The number of hydrazone groups is 1. The zero-order chi connectivity index (χ0) is 13.3. The molecule has 0 saturated carbocycles. The average Bonchev–Trinajstić information content (AvgIpc) is 2.45. The Morgan fingerprint density at radius 3 is 2.89 bits per heavy atom. The molecule has 3 heteroatoms. The average molecular weight is 251 g/mol. The summed E-state index contributed by atoms with van der Waals surface area (Å²) in [6, 6.07) is 12.2. The van der Waals surface area contributed by atoms with Crippen molar-refractivity contribution in [3.63, 3.8) is 0 Å². The van der Waals surface area contributed by atoms with Gasteiger partial charge in [0, 0.05) is 18.6 Å². The molecule has 1 N–H and O–H groups in total. The van der Waals surface area contributed by atoms with Crippen molar-refractivity contribution in [1.82, 2.24) is 10.4 Å². The number of allylic oxidation sites excluding steroid dienone is 1. The number of nitrogens with zero attached hydrogens (tertiary/aromatic N) is 2. The summed E-state index contributed by atoms with van der Waals surface area (Å²) in [4.78, 5) is 4.04. The van der Waals surface area contributed by atoms with E-state index in [9.17, 15) is 0 Å². The van der Waals surface area contributed by atoms with Crippen LogP contribution in [-0.2, 0) is 6.54 Å². The molecule has 1 aromatic heterocycles. The molecular weight excluding hydrogens is 234 g/mol. The maximum atomic E-state index is 4.12. The Morgan fingerprint density at radius 2 is 2.11 bits per heavy atom. The van der Waals surface area contributed by atoms with E-state index < -0.39 is 0 Å². The second kappa shape index (κ2) is 7.11. The summed E-state index contributed by atoms with van der Waals surface area (Å²) in [7, 11) is 0. The number of aromatic nitrogens is 1. The summed E-state index contributed by atoms with van der Waals surface area (Å²) >= 11 is 0. The predicted octanol–water partition coefficient (Wildman–Crippen LogP) is 3.18. The van der Waals surface area contributed by atoms with E-state index in [1.54, 1.807) is 12.4 Å². The van der Waals surface area contributed by atoms with Crippen LogP contribution >= 0.6 is 0 Å². The highest BCUT2D eigenvalue weighted by Crippen LogP contribution is 2.07. The monoisotopic (exact) mass is 251 g/mol. The molecule has 19 heavy (non-hydrogen) atoms. The van der Waals surface area contributed by atoms with Crippen molar-refractivity contribution in [1.29, 1.82) is 0 Å². The van der Waals surface area contributed by atoms with E-state index in [2.05, 4.69) is 34.6 Å². The number of aryl methyl sites for hydroxylation is 1. The fourth-order valence-electron chi connectivity index (χ4n) is 1.66. The fourth-order valence-corrected chi connectivity index (χ4v) is 1.66. The van der Waals surface area contributed by atoms with E-state index in [-0.39, 0.29) is 0 Å². The smallest absolute Gasteiger partial charge is 0.0595 e. The molecule has 2 aromatic rings. The lowest BCUT2D eigenvalue weighted by molar-refractivity contribution is 0.745. The third-order valence-electron chi connectivity index (χ3n) is 2.72. The minimum atomic E-state index is 0.683. The Kier molecular flexibility index (Phi) is 4.87. The van der Waals surface area contributed by atoms with Crippen LogP contribution in [0.3, 0.4) is 0 Å². The van der Waals surface area contributed by atoms with Crippen molar-refractivity contribution in [2.45, 2.75) is 13.5 Å². The van der Waals surface area contributed by atoms with Gasteiger partial charge < -0.3 is 5.43 Å². The van der Waals surface area contributed by atoms with Crippen molar-refractivity contribution in [2.24, 2.45) is 5.10 Å². The summed E-state index contributed by atoms with van der Waals surface area (Å²) in [6.45, 7) is 2.78. The van der Waals surface area contributed by atoms with Crippen molar-refractivity contribution < 1.29 is 0 Å². The Hall–Kier alpha value is -2.42. The molecule has 0 aliphatic rings. The molecule has 0 radical (unpaired) electrons. The van der Waals surface area contributed by atoms with Crippen molar-refractivity contribution in [3.05, 3.63) is 71.6 Å². The van der Waals surface area contributed by atoms with Gasteiger partial charge in [0.05, 0.1) is 6.54 Å². The molecule has 3 nitrogen and oxygen atoms in total. The van der Waals surface area contributed by atoms with Gasteiger partial charge in [-0.2, -0.15) is 5.10 Å². The van der Waals surface area contributed by atoms with Gasteiger partial charge in [-0.3, -0.25) is 4.98 Å². The molecule has 2 rings (SSSR count). The van der Waals surface area contributed by atoms with Crippen molar-refractivity contribution >= 4 is 12.3 Å². The molecule has 0 saturated heterocycles. The number of rotatable bonds is 5. The van der Waals surface area contributed by atoms with E-state index in [0.29, 0.717) is 6.54 Å². The first-order chi connectivity index (χ1) is 9.36. The zero-order valence-corrected chi connectivity index (χ0v) is 11.0. The number of hydrogen-bond donors (Lipinski definition) is 1. The fraction of sp³-hybridized carbons (Fsp3) is 0.125. The summed E-state index contributed by atoms with van der Waals surface area (Å²) in [5.41, 5.74) is 6.56. The van der Waals surface area contributed by atoms with Gasteiger partial charge in [0.15, 0.2) is 0 Å². The highest BCUT2D eigenvalue weighted by Gasteiger charge is 1.89. The van der Waals surface area contributed by atoms with Crippen molar-refractivity contribution in [3.8, 4) is 0 Å². The molecular formula is C16H17N3. The minimum absolute atomic E-state index is 0.683. The molecule has 1 aromatic carbocycles. The quantitative estimate of drug-likeness (QED) is 0.654. The molecule has 0 aliphatic carbocycles. The molecule has 0 bridgehead atoms. The normalized spacial score (nSPS) is 11.2. The Morgan fingerprint density at radius 1 is 1.21 bits per heavy atom. The first-order valence-corrected chi connectivity index (χ1v) is 6.23. The lowest BCUT2D eigenvalue weighted by atomic mass is 10.1. The minimum Gasteiger partial charge on any atom is -0.306 e. The van der Waals surface area contributed by atoms with Crippen LogP contribution < -0.4 is 5.43 Å². The molecule has 0 spiro atoms. The van der Waals surface area contributed by atoms with E-state index in [1.165, 1.54) is 11.1 Å². The van der Waals surface area contributed by atoms with Crippen LogP contribution in [-0.4, -0.2) is 11.2 Å². The topological polar surface area (TPSA) is 37.3 Å². The Labute approximate surface area is 113 Å². The zero-order valence-electron chi connectivity index (χ0n) is 11.0. The van der Waals surface area contributed by atoms with Crippen LogP contribution in [0, 0.1) is 6.92 Å². The predicted molar refractivity (Wildman–Crippen MR) is 79.8 cm³/mol. The molecule has 0 fully saturated rings.